The van der Waals surface area contributed by atoms with Crippen molar-refractivity contribution in [3.8, 4) is 10.6 Å². The molecule has 3 aliphatic heterocycles. The van der Waals surface area contributed by atoms with E-state index in [4.69, 9.17) is 4.98 Å². The van der Waals surface area contributed by atoms with E-state index in [1.165, 1.54) is 46.8 Å². The van der Waals surface area contributed by atoms with E-state index in [0.717, 1.165) is 34.9 Å². The number of piperidine rings is 2. The fourth-order valence-electron chi connectivity index (χ4n) is 6.68. The number of hydrogen-bond acceptors (Lipinski definition) is 3. The molecule has 0 amide bonds. The molecule has 4 unspecified atom stereocenters. The predicted molar refractivity (Wildman–Crippen MR) is 125 cm³/mol. The highest BCUT2D eigenvalue weighted by Crippen LogP contribution is 2.62. The van der Waals surface area contributed by atoms with Crippen molar-refractivity contribution >= 4 is 27.2 Å². The maximum absolute atomic E-state index is 4.98. The normalized spacial score (nSPS) is 32.5. The average molecular weight is 417 g/mol. The van der Waals surface area contributed by atoms with Gasteiger partial charge < -0.3 is 4.90 Å². The highest BCUT2D eigenvalue weighted by atomic mass is 32.1. The second-order valence-corrected chi connectivity index (χ2v) is 12.5. The first-order valence-corrected chi connectivity index (χ1v) is 12.3. The molecule has 6 aliphatic rings. The molecule has 30 heavy (non-hydrogen) atoms. The third-order valence-corrected chi connectivity index (χ3v) is 10.4. The SMILES string of the molecule is CC1(C)C2CN(c3ccc4nc5ccc(=[N+]6CC7C(C6)C7(C)C)cc-5sc4c3)CC21. The van der Waals surface area contributed by atoms with Crippen LogP contribution < -0.4 is 14.8 Å². The Bertz CT molecular complexity index is 1220. The van der Waals surface area contributed by atoms with Gasteiger partial charge in [-0.25, -0.2) is 9.56 Å². The van der Waals surface area contributed by atoms with Gasteiger partial charge in [-0.1, -0.05) is 27.7 Å². The predicted octanol–water partition coefficient (Wildman–Crippen LogP) is 4.55. The number of rotatable bonds is 1. The summed E-state index contributed by atoms with van der Waals surface area (Å²) >= 11 is 1.90. The molecule has 4 atom stereocenters. The molecule has 3 heterocycles. The third kappa shape index (κ3) is 2.32. The number of nitrogens with zero attached hydrogens (tertiary/aromatic N) is 3. The first kappa shape index (κ1) is 17.7. The van der Waals surface area contributed by atoms with Crippen molar-refractivity contribution in [1.29, 1.82) is 0 Å². The van der Waals surface area contributed by atoms with Gasteiger partial charge in [0, 0.05) is 42.7 Å². The summed E-state index contributed by atoms with van der Waals surface area (Å²) < 4.78 is 3.90. The van der Waals surface area contributed by atoms with E-state index in [1.807, 2.05) is 11.3 Å². The minimum atomic E-state index is 0.565. The Morgan fingerprint density at radius 1 is 0.900 bits per heavy atom. The van der Waals surface area contributed by atoms with Crippen LogP contribution in [-0.2, 0) is 0 Å². The zero-order chi connectivity index (χ0) is 20.4. The first-order valence-electron chi connectivity index (χ1n) is 11.5. The van der Waals surface area contributed by atoms with Crippen molar-refractivity contribution in [2.24, 2.45) is 34.5 Å². The third-order valence-electron chi connectivity index (χ3n) is 9.32. The van der Waals surface area contributed by atoms with Crippen LogP contribution in [0, 0.1) is 34.5 Å². The van der Waals surface area contributed by atoms with Gasteiger partial charge in [0.05, 0.1) is 20.8 Å². The van der Waals surface area contributed by atoms with Crippen molar-refractivity contribution in [2.75, 3.05) is 31.1 Å². The van der Waals surface area contributed by atoms with E-state index < -0.39 is 0 Å². The lowest BCUT2D eigenvalue weighted by atomic mass is 10.1. The molecule has 0 bridgehead atoms. The van der Waals surface area contributed by atoms with Crippen LogP contribution in [0.5, 0.6) is 0 Å². The molecule has 0 aromatic heterocycles. The minimum Gasteiger partial charge on any atom is -0.371 e. The van der Waals surface area contributed by atoms with E-state index in [0.29, 0.717) is 10.8 Å². The molecule has 4 heteroatoms. The number of anilines is 1. The lowest BCUT2D eigenvalue weighted by Gasteiger charge is -2.24. The molecule has 7 rings (SSSR count). The second kappa shape index (κ2) is 5.45. The van der Waals surface area contributed by atoms with Gasteiger partial charge in [0.15, 0.2) is 0 Å². The largest absolute Gasteiger partial charge is 0.371 e. The van der Waals surface area contributed by atoms with Crippen LogP contribution in [0.2, 0.25) is 0 Å². The molecule has 154 valence electrons. The quantitative estimate of drug-likeness (QED) is 0.428. The van der Waals surface area contributed by atoms with Crippen LogP contribution in [0.4, 0.5) is 5.69 Å². The Balaban J connectivity index is 1.25. The van der Waals surface area contributed by atoms with E-state index in [-0.39, 0.29) is 0 Å². The zero-order valence-corrected chi connectivity index (χ0v) is 19.2. The van der Waals surface area contributed by atoms with Gasteiger partial charge in [-0.15, -0.1) is 11.3 Å². The summed E-state index contributed by atoms with van der Waals surface area (Å²) in [7, 11) is 0. The molecule has 2 saturated carbocycles. The lowest BCUT2D eigenvalue weighted by Crippen LogP contribution is -2.31. The Morgan fingerprint density at radius 3 is 2.33 bits per heavy atom. The summed E-state index contributed by atoms with van der Waals surface area (Å²) in [6.07, 6.45) is 0. The van der Waals surface area contributed by atoms with Crippen molar-refractivity contribution in [3.05, 3.63) is 41.8 Å². The Morgan fingerprint density at radius 2 is 1.60 bits per heavy atom. The summed E-state index contributed by atoms with van der Waals surface area (Å²) in [5.74, 6) is 3.52. The van der Waals surface area contributed by atoms with Crippen molar-refractivity contribution < 1.29 is 0 Å². The molecule has 0 spiro atoms. The summed E-state index contributed by atoms with van der Waals surface area (Å²) in [4.78, 5) is 8.88. The van der Waals surface area contributed by atoms with E-state index in [9.17, 15) is 0 Å². The average Bonchev–Trinajstić information content (AvgIpc) is 3.25. The van der Waals surface area contributed by atoms with Gasteiger partial charge >= 0.3 is 0 Å². The van der Waals surface area contributed by atoms with Gasteiger partial charge in [0.2, 0.25) is 5.36 Å². The monoisotopic (exact) mass is 416 g/mol. The van der Waals surface area contributed by atoms with Crippen LogP contribution in [0.1, 0.15) is 27.7 Å². The first-order chi connectivity index (χ1) is 14.3. The minimum absolute atomic E-state index is 0.565. The topological polar surface area (TPSA) is 19.1 Å². The Kier molecular flexibility index (Phi) is 3.22. The Hall–Kier alpha value is -1.94. The van der Waals surface area contributed by atoms with Gasteiger partial charge in [-0.05, 0) is 46.9 Å². The molecule has 4 fully saturated rings. The van der Waals surface area contributed by atoms with Crippen LogP contribution in [-0.4, -0.2) is 31.2 Å². The summed E-state index contributed by atoms with van der Waals surface area (Å²) in [6.45, 7) is 14.6. The number of hydrogen-bond donors (Lipinski definition) is 0. The van der Waals surface area contributed by atoms with Gasteiger partial charge in [0.25, 0.3) is 0 Å². The van der Waals surface area contributed by atoms with Crippen LogP contribution in [0.25, 0.3) is 20.8 Å². The van der Waals surface area contributed by atoms with E-state index in [1.54, 1.807) is 0 Å². The van der Waals surface area contributed by atoms with Crippen molar-refractivity contribution in [1.82, 2.24) is 9.56 Å². The molecule has 1 aromatic carbocycles. The standard InChI is InChI=1S/C26H30N3S/c1-25(2)17-11-28(12-18(17)25)15-5-7-21-23(9-15)30-24-10-16(6-8-22(24)27-21)29-13-19-20(14-29)26(19,3)4/h5-10,17-20H,11-14H2,1-4H3/q+1. The fourth-order valence-corrected chi connectivity index (χ4v) is 7.71. The van der Waals surface area contributed by atoms with E-state index >= 15 is 0 Å². The summed E-state index contributed by atoms with van der Waals surface area (Å²) in [5.41, 5.74) is 4.75. The van der Waals surface area contributed by atoms with Crippen LogP contribution in [0.15, 0.2) is 36.4 Å². The zero-order valence-electron chi connectivity index (χ0n) is 18.4. The molecule has 3 nitrogen and oxygen atoms in total. The molecular weight excluding hydrogens is 386 g/mol. The summed E-state index contributed by atoms with van der Waals surface area (Å²) in [6, 6.07) is 13.8. The number of benzene rings is 2. The number of fused-ring (bicyclic) bond motifs is 4. The maximum atomic E-state index is 4.98. The van der Waals surface area contributed by atoms with Gasteiger partial charge in [0.1, 0.15) is 13.1 Å². The molecule has 1 aromatic rings. The molecule has 3 aliphatic carbocycles. The highest BCUT2D eigenvalue weighted by molar-refractivity contribution is 7.21. The van der Waals surface area contributed by atoms with Gasteiger partial charge in [-0.2, -0.15) is 0 Å². The maximum Gasteiger partial charge on any atom is 0.201 e. The molecule has 2 saturated heterocycles. The summed E-state index contributed by atoms with van der Waals surface area (Å²) in [5, 5.41) is 1.38. The molecular formula is C26H30N3S+. The van der Waals surface area contributed by atoms with E-state index in [2.05, 4.69) is 73.6 Å². The second-order valence-electron chi connectivity index (χ2n) is 11.4. The number of aromatic nitrogens is 1. The molecule has 0 radical (unpaired) electrons. The van der Waals surface area contributed by atoms with Gasteiger partial charge in [-0.3, -0.25) is 0 Å². The molecule has 0 N–H and O–H groups in total. The van der Waals surface area contributed by atoms with Crippen LogP contribution in [0.3, 0.4) is 0 Å². The van der Waals surface area contributed by atoms with Crippen molar-refractivity contribution in [2.45, 2.75) is 27.7 Å². The Labute approximate surface area is 182 Å². The fraction of sp³-hybridized carbons (Fsp3) is 0.538. The van der Waals surface area contributed by atoms with Crippen molar-refractivity contribution in [3.63, 3.8) is 0 Å². The smallest absolute Gasteiger partial charge is 0.201 e. The van der Waals surface area contributed by atoms with Crippen LogP contribution >= 0.6 is 11.3 Å². The highest BCUT2D eigenvalue weighted by Gasteiger charge is 2.65. The lowest BCUT2D eigenvalue weighted by molar-refractivity contribution is 0.439.